The third-order valence-electron chi connectivity index (χ3n) is 5.12. The Morgan fingerprint density at radius 3 is 2.10 bits per heavy atom. The molecule has 0 unspecified atom stereocenters. The highest BCUT2D eigenvalue weighted by atomic mass is 16.5. The molecule has 5 heteroatoms. The van der Waals surface area contributed by atoms with Crippen molar-refractivity contribution >= 4 is 17.4 Å². The Kier molecular flexibility index (Phi) is 7.16. The van der Waals surface area contributed by atoms with Crippen molar-refractivity contribution in [3.63, 3.8) is 0 Å². The summed E-state index contributed by atoms with van der Waals surface area (Å²) < 4.78 is 5.74. The molecule has 0 N–H and O–H groups in total. The molecule has 1 heterocycles. The number of likely N-dealkylation sites (N-methyl/N-ethyl adjacent to an activating group) is 1. The minimum absolute atomic E-state index is 0.0679. The zero-order valence-corrected chi connectivity index (χ0v) is 19.1. The lowest BCUT2D eigenvalue weighted by molar-refractivity contribution is -0.138. The van der Waals surface area contributed by atoms with Crippen LogP contribution in [0.15, 0.2) is 60.3 Å². The quantitative estimate of drug-likeness (QED) is 0.550. The summed E-state index contributed by atoms with van der Waals surface area (Å²) in [6.45, 7) is 11.6. The van der Waals surface area contributed by atoms with Crippen LogP contribution in [0.3, 0.4) is 0 Å². The fourth-order valence-corrected chi connectivity index (χ4v) is 3.77. The molecule has 0 bridgehead atoms. The van der Waals surface area contributed by atoms with Crippen LogP contribution in [0.25, 0.3) is 5.57 Å². The van der Waals surface area contributed by atoms with E-state index in [-0.39, 0.29) is 23.8 Å². The second-order valence-corrected chi connectivity index (χ2v) is 8.53. The predicted molar refractivity (Wildman–Crippen MR) is 123 cm³/mol. The predicted octanol–water partition coefficient (Wildman–Crippen LogP) is 4.73. The number of hydrogen-bond donors (Lipinski definition) is 0. The fraction of sp³-hybridized carbons (Fsp3) is 0.385. The average Bonchev–Trinajstić information content (AvgIpc) is 2.97. The van der Waals surface area contributed by atoms with Gasteiger partial charge in [0.1, 0.15) is 11.4 Å². The van der Waals surface area contributed by atoms with Gasteiger partial charge in [-0.1, -0.05) is 56.3 Å². The Morgan fingerprint density at radius 1 is 0.903 bits per heavy atom. The van der Waals surface area contributed by atoms with Gasteiger partial charge in [0.2, 0.25) is 0 Å². The zero-order chi connectivity index (χ0) is 22.5. The van der Waals surface area contributed by atoms with E-state index in [0.717, 1.165) is 16.9 Å². The topological polar surface area (TPSA) is 49.9 Å². The van der Waals surface area contributed by atoms with E-state index in [2.05, 4.69) is 0 Å². The Balaban J connectivity index is 2.04. The van der Waals surface area contributed by atoms with Crippen molar-refractivity contribution in [1.29, 1.82) is 0 Å². The van der Waals surface area contributed by atoms with Crippen molar-refractivity contribution in [1.82, 2.24) is 9.80 Å². The third-order valence-corrected chi connectivity index (χ3v) is 5.12. The molecule has 2 amide bonds. The molecule has 31 heavy (non-hydrogen) atoms. The van der Waals surface area contributed by atoms with E-state index in [0.29, 0.717) is 30.9 Å². The van der Waals surface area contributed by atoms with Gasteiger partial charge >= 0.3 is 0 Å². The molecule has 0 atom stereocenters. The zero-order valence-electron chi connectivity index (χ0n) is 19.1. The van der Waals surface area contributed by atoms with Crippen molar-refractivity contribution in [2.24, 2.45) is 5.92 Å². The lowest BCUT2D eigenvalue weighted by Crippen LogP contribution is -2.37. The lowest BCUT2D eigenvalue weighted by atomic mass is 10.0. The van der Waals surface area contributed by atoms with Gasteiger partial charge in [-0.25, -0.2) is 0 Å². The first kappa shape index (κ1) is 22.6. The van der Waals surface area contributed by atoms with Gasteiger partial charge in [0.05, 0.1) is 11.7 Å². The van der Waals surface area contributed by atoms with Crippen LogP contribution >= 0.6 is 0 Å². The molecular weight excluding hydrogens is 388 g/mol. The standard InChI is InChI=1S/C26H32N2O3/c1-6-27(17-20-10-8-7-9-11-20)24-23(25(29)28(26(24)30)16-18(2)3)21-12-14-22(15-13-21)31-19(4)5/h7-15,18-19H,6,16-17H2,1-5H3. The molecule has 164 valence electrons. The molecule has 2 aromatic rings. The maximum atomic E-state index is 13.4. The van der Waals surface area contributed by atoms with Crippen LogP contribution in [-0.2, 0) is 16.1 Å². The molecule has 0 fully saturated rings. The van der Waals surface area contributed by atoms with Gasteiger partial charge in [-0.15, -0.1) is 0 Å². The number of rotatable bonds is 9. The summed E-state index contributed by atoms with van der Waals surface area (Å²) in [5, 5.41) is 0. The Morgan fingerprint density at radius 2 is 1.55 bits per heavy atom. The first-order chi connectivity index (χ1) is 14.8. The van der Waals surface area contributed by atoms with Crippen LogP contribution in [-0.4, -0.2) is 40.8 Å². The van der Waals surface area contributed by atoms with E-state index in [1.54, 1.807) is 0 Å². The van der Waals surface area contributed by atoms with Crippen molar-refractivity contribution < 1.29 is 14.3 Å². The Hall–Kier alpha value is -3.08. The number of nitrogens with zero attached hydrogens (tertiary/aromatic N) is 2. The van der Waals surface area contributed by atoms with Gasteiger partial charge in [0, 0.05) is 19.6 Å². The average molecular weight is 421 g/mol. The highest BCUT2D eigenvalue weighted by Gasteiger charge is 2.41. The molecular formula is C26H32N2O3. The highest BCUT2D eigenvalue weighted by Crippen LogP contribution is 2.33. The summed E-state index contributed by atoms with van der Waals surface area (Å²) in [6, 6.07) is 17.5. The maximum absolute atomic E-state index is 13.4. The normalized spacial score (nSPS) is 14.2. The number of carbonyl (C=O) groups is 2. The van der Waals surface area contributed by atoms with E-state index >= 15 is 0 Å². The number of ether oxygens (including phenoxy) is 1. The molecule has 0 saturated carbocycles. The molecule has 0 saturated heterocycles. The molecule has 2 aromatic carbocycles. The summed E-state index contributed by atoms with van der Waals surface area (Å²) in [4.78, 5) is 30.2. The minimum Gasteiger partial charge on any atom is -0.491 e. The second-order valence-electron chi connectivity index (χ2n) is 8.53. The lowest BCUT2D eigenvalue weighted by Gasteiger charge is -2.25. The van der Waals surface area contributed by atoms with Crippen LogP contribution in [0.2, 0.25) is 0 Å². The molecule has 0 spiro atoms. The number of carbonyl (C=O) groups excluding carboxylic acids is 2. The fourth-order valence-electron chi connectivity index (χ4n) is 3.77. The van der Waals surface area contributed by atoms with E-state index in [1.165, 1.54) is 4.90 Å². The smallest absolute Gasteiger partial charge is 0.277 e. The number of imide groups is 1. The van der Waals surface area contributed by atoms with Crippen LogP contribution in [0, 0.1) is 5.92 Å². The van der Waals surface area contributed by atoms with E-state index in [1.807, 2.05) is 94.1 Å². The molecule has 0 radical (unpaired) electrons. The summed E-state index contributed by atoms with van der Waals surface area (Å²) in [6.07, 6.45) is 0.0679. The Bertz CT molecular complexity index is 946. The second kappa shape index (κ2) is 9.82. The van der Waals surface area contributed by atoms with Crippen molar-refractivity contribution in [3.05, 3.63) is 71.4 Å². The van der Waals surface area contributed by atoms with Gasteiger partial charge in [0.15, 0.2) is 0 Å². The largest absolute Gasteiger partial charge is 0.491 e. The number of hydrogen-bond acceptors (Lipinski definition) is 4. The van der Waals surface area contributed by atoms with Gasteiger partial charge in [0.25, 0.3) is 11.8 Å². The molecule has 1 aliphatic heterocycles. The van der Waals surface area contributed by atoms with Crippen LogP contribution in [0.5, 0.6) is 5.75 Å². The number of amides is 2. The van der Waals surface area contributed by atoms with E-state index in [4.69, 9.17) is 4.74 Å². The summed E-state index contributed by atoms with van der Waals surface area (Å²) in [5.41, 5.74) is 2.79. The molecule has 3 rings (SSSR count). The summed E-state index contributed by atoms with van der Waals surface area (Å²) in [7, 11) is 0. The first-order valence-corrected chi connectivity index (χ1v) is 11.0. The number of benzene rings is 2. The molecule has 0 aliphatic carbocycles. The van der Waals surface area contributed by atoms with Crippen LogP contribution < -0.4 is 4.74 Å². The highest BCUT2D eigenvalue weighted by molar-refractivity contribution is 6.35. The Labute approximate surface area is 185 Å². The van der Waals surface area contributed by atoms with Gasteiger partial charge < -0.3 is 9.64 Å². The SMILES string of the molecule is CCN(Cc1ccccc1)C1=C(c2ccc(OC(C)C)cc2)C(=O)N(CC(C)C)C1=O. The van der Waals surface area contributed by atoms with Crippen LogP contribution in [0.1, 0.15) is 45.7 Å². The molecule has 5 nitrogen and oxygen atoms in total. The van der Waals surface area contributed by atoms with Gasteiger partial charge in [-0.2, -0.15) is 0 Å². The van der Waals surface area contributed by atoms with Crippen molar-refractivity contribution in [2.75, 3.05) is 13.1 Å². The van der Waals surface area contributed by atoms with Crippen molar-refractivity contribution in [3.8, 4) is 5.75 Å². The summed E-state index contributed by atoms with van der Waals surface area (Å²) in [5.74, 6) is 0.500. The molecule has 1 aliphatic rings. The molecule has 0 aromatic heterocycles. The van der Waals surface area contributed by atoms with E-state index in [9.17, 15) is 9.59 Å². The maximum Gasteiger partial charge on any atom is 0.277 e. The van der Waals surface area contributed by atoms with Crippen molar-refractivity contribution in [2.45, 2.75) is 47.3 Å². The van der Waals surface area contributed by atoms with E-state index < -0.39 is 0 Å². The third kappa shape index (κ3) is 5.16. The van der Waals surface area contributed by atoms with Gasteiger partial charge in [-0.3, -0.25) is 14.5 Å². The van der Waals surface area contributed by atoms with Gasteiger partial charge in [-0.05, 0) is 49.9 Å². The first-order valence-electron chi connectivity index (χ1n) is 11.0. The monoisotopic (exact) mass is 420 g/mol. The summed E-state index contributed by atoms with van der Waals surface area (Å²) >= 11 is 0. The minimum atomic E-state index is -0.224. The van der Waals surface area contributed by atoms with Crippen LogP contribution in [0.4, 0.5) is 0 Å².